The number of aliphatic carboxylic acids is 1. The number of carboxylic acids is 1. The van der Waals surface area contributed by atoms with E-state index in [1.54, 1.807) is 12.1 Å². The van der Waals surface area contributed by atoms with Crippen molar-refractivity contribution >= 4 is 23.7 Å². The van der Waals surface area contributed by atoms with Crippen LogP contribution in [0.15, 0.2) is 36.8 Å². The van der Waals surface area contributed by atoms with E-state index < -0.39 is 47.9 Å². The second kappa shape index (κ2) is 13.0. The molecule has 206 valence electrons. The predicted octanol–water partition coefficient (Wildman–Crippen LogP) is 0.319. The first kappa shape index (κ1) is 28.6. The monoisotopic (exact) mass is 528 g/mol. The molecule has 0 aliphatic carbocycles. The smallest absolute Gasteiger partial charge is 0.326 e. The number of likely N-dealkylation sites (tertiary alicyclic amines) is 1. The van der Waals surface area contributed by atoms with Crippen molar-refractivity contribution < 1.29 is 29.4 Å². The lowest BCUT2D eigenvalue weighted by molar-refractivity contribution is -0.149. The van der Waals surface area contributed by atoms with Crippen LogP contribution in [-0.4, -0.2) is 79.5 Å². The molecule has 38 heavy (non-hydrogen) atoms. The Bertz CT molecular complexity index is 1100. The minimum atomic E-state index is -1.10. The number of nitrogens with two attached hydrogens (primary N) is 1. The molecule has 1 aromatic carbocycles. The van der Waals surface area contributed by atoms with Crippen LogP contribution in [0.1, 0.15) is 44.4 Å². The SMILES string of the molecule is CC(C)CC(N)C(=O)NC(Cc1cnc[nH]1)C(=O)NC(Cc1ccc(O)cc1)C(=O)N1CCCC1C(=O)O. The van der Waals surface area contributed by atoms with E-state index in [1.165, 1.54) is 29.6 Å². The molecule has 1 fully saturated rings. The summed E-state index contributed by atoms with van der Waals surface area (Å²) < 4.78 is 0. The van der Waals surface area contributed by atoms with Crippen molar-refractivity contribution in [1.29, 1.82) is 0 Å². The molecular weight excluding hydrogens is 492 g/mol. The molecule has 12 nitrogen and oxygen atoms in total. The fraction of sp³-hybridized carbons (Fsp3) is 0.500. The number of H-pyrrole nitrogens is 1. The van der Waals surface area contributed by atoms with Gasteiger partial charge in [0.25, 0.3) is 0 Å². The summed E-state index contributed by atoms with van der Waals surface area (Å²) in [5.41, 5.74) is 7.28. The summed E-state index contributed by atoms with van der Waals surface area (Å²) in [6, 6.07) is 2.21. The van der Waals surface area contributed by atoms with Crippen LogP contribution in [-0.2, 0) is 32.0 Å². The van der Waals surface area contributed by atoms with Gasteiger partial charge >= 0.3 is 5.97 Å². The van der Waals surface area contributed by atoms with Gasteiger partial charge in [0.1, 0.15) is 23.9 Å². The topological polar surface area (TPSA) is 191 Å². The maximum absolute atomic E-state index is 13.5. The summed E-state index contributed by atoms with van der Waals surface area (Å²) in [5, 5.41) is 24.6. The normalized spacial score (nSPS) is 17.6. The van der Waals surface area contributed by atoms with Crippen molar-refractivity contribution in [3.8, 4) is 5.75 Å². The molecule has 2 aromatic rings. The molecule has 4 unspecified atom stereocenters. The highest BCUT2D eigenvalue weighted by Gasteiger charge is 2.38. The van der Waals surface area contributed by atoms with E-state index in [4.69, 9.17) is 5.73 Å². The average molecular weight is 529 g/mol. The van der Waals surface area contributed by atoms with E-state index in [0.29, 0.717) is 30.5 Å². The molecule has 0 radical (unpaired) electrons. The van der Waals surface area contributed by atoms with Crippen molar-refractivity contribution in [1.82, 2.24) is 25.5 Å². The fourth-order valence-electron chi connectivity index (χ4n) is 4.55. The highest BCUT2D eigenvalue weighted by atomic mass is 16.4. The zero-order valence-electron chi connectivity index (χ0n) is 21.6. The standard InChI is InChI=1S/C26H36N6O6/c1-15(2)10-19(27)23(34)30-20(12-17-13-28-14-29-17)24(35)31-21(11-16-5-7-18(33)8-6-16)25(36)32-9-3-4-22(32)26(37)38/h5-8,13-15,19-22,33H,3-4,9-12,27H2,1-2H3,(H,28,29)(H,30,34)(H,31,35)(H,37,38). The van der Waals surface area contributed by atoms with Crippen LogP contribution in [0, 0.1) is 5.92 Å². The van der Waals surface area contributed by atoms with Gasteiger partial charge in [-0.05, 0) is 42.9 Å². The van der Waals surface area contributed by atoms with Gasteiger partial charge < -0.3 is 36.5 Å². The Hall–Kier alpha value is -3.93. The van der Waals surface area contributed by atoms with E-state index in [0.717, 1.165) is 0 Å². The number of aromatic hydroxyl groups is 1. The maximum Gasteiger partial charge on any atom is 0.326 e. The van der Waals surface area contributed by atoms with Crippen LogP contribution in [0.5, 0.6) is 5.75 Å². The number of imidazole rings is 1. The number of aromatic amines is 1. The third-order valence-corrected chi connectivity index (χ3v) is 6.49. The Kier molecular flexibility index (Phi) is 9.83. The van der Waals surface area contributed by atoms with Crippen LogP contribution in [0.2, 0.25) is 0 Å². The van der Waals surface area contributed by atoms with E-state index in [-0.39, 0.29) is 31.1 Å². The van der Waals surface area contributed by atoms with Crippen LogP contribution < -0.4 is 16.4 Å². The van der Waals surface area contributed by atoms with Gasteiger partial charge in [-0.2, -0.15) is 0 Å². The number of benzene rings is 1. The number of carbonyl (C=O) groups is 4. The van der Waals surface area contributed by atoms with Gasteiger partial charge in [0.05, 0.1) is 12.4 Å². The third-order valence-electron chi connectivity index (χ3n) is 6.49. The average Bonchev–Trinajstić information content (AvgIpc) is 3.56. The van der Waals surface area contributed by atoms with E-state index >= 15 is 0 Å². The molecule has 1 aromatic heterocycles. The number of aromatic nitrogens is 2. The minimum Gasteiger partial charge on any atom is -0.508 e. The molecule has 1 saturated heterocycles. The van der Waals surface area contributed by atoms with Crippen LogP contribution in [0.3, 0.4) is 0 Å². The zero-order valence-corrected chi connectivity index (χ0v) is 21.6. The molecule has 7 N–H and O–H groups in total. The van der Waals surface area contributed by atoms with Gasteiger partial charge in [-0.3, -0.25) is 14.4 Å². The second-order valence-electron chi connectivity index (χ2n) is 10.0. The number of nitrogens with zero attached hydrogens (tertiary/aromatic N) is 2. The summed E-state index contributed by atoms with van der Waals surface area (Å²) in [7, 11) is 0. The molecule has 1 aliphatic heterocycles. The Balaban J connectivity index is 1.84. The number of rotatable bonds is 12. The van der Waals surface area contributed by atoms with Gasteiger partial charge in [-0.15, -0.1) is 0 Å². The molecule has 0 saturated carbocycles. The van der Waals surface area contributed by atoms with Crippen LogP contribution in [0.25, 0.3) is 0 Å². The van der Waals surface area contributed by atoms with Gasteiger partial charge in [0.15, 0.2) is 0 Å². The Morgan fingerprint density at radius 2 is 1.79 bits per heavy atom. The summed E-state index contributed by atoms with van der Waals surface area (Å²) in [4.78, 5) is 59.7. The number of phenolic OH excluding ortho intramolecular Hbond substituents is 1. The number of phenols is 1. The molecule has 0 spiro atoms. The molecular formula is C26H36N6O6. The van der Waals surface area contributed by atoms with Gasteiger partial charge in [-0.1, -0.05) is 26.0 Å². The highest BCUT2D eigenvalue weighted by molar-refractivity contribution is 5.94. The number of nitrogens with one attached hydrogen (secondary N) is 3. The second-order valence-corrected chi connectivity index (χ2v) is 10.0. The first-order valence-corrected chi connectivity index (χ1v) is 12.7. The van der Waals surface area contributed by atoms with E-state index in [2.05, 4.69) is 20.6 Å². The number of amides is 3. The molecule has 0 bridgehead atoms. The quantitative estimate of drug-likeness (QED) is 0.227. The van der Waals surface area contributed by atoms with Crippen molar-refractivity contribution in [2.75, 3.05) is 6.54 Å². The number of hydrogen-bond acceptors (Lipinski definition) is 7. The lowest BCUT2D eigenvalue weighted by Gasteiger charge is -2.29. The molecule has 2 heterocycles. The van der Waals surface area contributed by atoms with Crippen molar-refractivity contribution in [2.24, 2.45) is 11.7 Å². The fourth-order valence-corrected chi connectivity index (χ4v) is 4.55. The summed E-state index contributed by atoms with van der Waals surface area (Å²) in [5.74, 6) is -2.52. The van der Waals surface area contributed by atoms with E-state index in [1.807, 2.05) is 13.8 Å². The Labute approximate surface area is 221 Å². The number of carbonyl (C=O) groups excluding carboxylic acids is 3. The van der Waals surface area contributed by atoms with Crippen LogP contribution >= 0.6 is 0 Å². The molecule has 3 amide bonds. The number of hydrogen-bond donors (Lipinski definition) is 6. The van der Waals surface area contributed by atoms with Gasteiger partial charge in [0, 0.05) is 31.3 Å². The molecule has 3 rings (SSSR count). The van der Waals surface area contributed by atoms with Gasteiger partial charge in [0.2, 0.25) is 17.7 Å². The Morgan fingerprint density at radius 1 is 1.11 bits per heavy atom. The Morgan fingerprint density at radius 3 is 2.39 bits per heavy atom. The van der Waals surface area contributed by atoms with Crippen molar-refractivity contribution in [3.05, 3.63) is 48.0 Å². The van der Waals surface area contributed by atoms with Gasteiger partial charge in [-0.25, -0.2) is 9.78 Å². The van der Waals surface area contributed by atoms with Crippen molar-refractivity contribution in [3.63, 3.8) is 0 Å². The molecule has 4 atom stereocenters. The van der Waals surface area contributed by atoms with Crippen molar-refractivity contribution in [2.45, 2.75) is 70.1 Å². The highest BCUT2D eigenvalue weighted by Crippen LogP contribution is 2.20. The summed E-state index contributed by atoms with van der Waals surface area (Å²) in [6.45, 7) is 4.13. The largest absolute Gasteiger partial charge is 0.508 e. The van der Waals surface area contributed by atoms with E-state index in [9.17, 15) is 29.4 Å². The predicted molar refractivity (Wildman–Crippen MR) is 138 cm³/mol. The summed E-state index contributed by atoms with van der Waals surface area (Å²) >= 11 is 0. The number of carboxylic acid groups (broad SMARTS) is 1. The summed E-state index contributed by atoms with van der Waals surface area (Å²) in [6.07, 6.45) is 4.41. The van der Waals surface area contributed by atoms with Crippen LogP contribution in [0.4, 0.5) is 0 Å². The maximum atomic E-state index is 13.5. The molecule has 1 aliphatic rings. The first-order chi connectivity index (χ1) is 18.0. The first-order valence-electron chi connectivity index (χ1n) is 12.7. The minimum absolute atomic E-state index is 0.0474. The molecule has 12 heteroatoms. The lowest BCUT2D eigenvalue weighted by atomic mass is 10.0. The third kappa shape index (κ3) is 7.78. The lowest BCUT2D eigenvalue weighted by Crippen LogP contribution is -2.58. The zero-order chi connectivity index (χ0) is 27.8.